The van der Waals surface area contributed by atoms with E-state index in [1.807, 2.05) is 0 Å². The van der Waals surface area contributed by atoms with Crippen LogP contribution in [0.15, 0.2) is 0 Å². The molecule has 1 spiro atoms. The third kappa shape index (κ3) is 1.71. The van der Waals surface area contributed by atoms with Crippen molar-refractivity contribution in [3.8, 4) is 0 Å². The number of rotatable bonds is 2. The highest BCUT2D eigenvalue weighted by Gasteiger charge is 2.84. The van der Waals surface area contributed by atoms with Gasteiger partial charge in [-0.05, 0) is 56.8 Å². The van der Waals surface area contributed by atoms with Gasteiger partial charge < -0.3 is 24.8 Å². The molecule has 1 heterocycles. The number of methoxy groups -OCH3 is 1. The van der Waals surface area contributed by atoms with Crippen LogP contribution in [0.5, 0.6) is 0 Å². The summed E-state index contributed by atoms with van der Waals surface area (Å²) in [6, 6.07) is 0. The molecular weight excluding hydrogens is 352 g/mol. The molecule has 5 rings (SSSR count). The number of aliphatic hydroxyl groups is 3. The van der Waals surface area contributed by atoms with E-state index in [0.717, 1.165) is 12.8 Å². The zero-order valence-electron chi connectivity index (χ0n) is 15.8. The molecule has 1 saturated heterocycles. The average molecular weight is 380 g/mol. The van der Waals surface area contributed by atoms with Gasteiger partial charge in [-0.1, -0.05) is 0 Å². The highest BCUT2D eigenvalue weighted by Crippen LogP contribution is 2.78. The maximum atomic E-state index is 13.1. The molecule has 0 unspecified atom stereocenters. The maximum absolute atomic E-state index is 13.1. The number of hydrogen-bond donors (Lipinski definition) is 3. The monoisotopic (exact) mass is 380 g/mol. The Hall–Kier alpha value is -1.18. The topological polar surface area (TPSA) is 113 Å². The Kier molecular flexibility index (Phi) is 3.34. The summed E-state index contributed by atoms with van der Waals surface area (Å²) in [4.78, 5) is 26.0. The number of fused-ring (bicyclic) bond motifs is 1. The van der Waals surface area contributed by atoms with Crippen LogP contribution in [0.2, 0.25) is 0 Å². The van der Waals surface area contributed by atoms with E-state index in [0.29, 0.717) is 25.7 Å². The molecule has 4 bridgehead atoms. The third-order valence-corrected chi connectivity index (χ3v) is 9.19. The SMILES string of the molecule is COC(=O)[C@H]1[C@H]2[C@@]3(CC[C@H](O)[C@@]2(C)C(=O)O3)[C@@H]2CC[C@@H]3C[C@@]21C[C@@]3(O)CO. The summed E-state index contributed by atoms with van der Waals surface area (Å²) >= 11 is 0. The Morgan fingerprint density at radius 1 is 1.33 bits per heavy atom. The van der Waals surface area contributed by atoms with Crippen LogP contribution in [0.4, 0.5) is 0 Å². The lowest BCUT2D eigenvalue weighted by Gasteiger charge is -2.44. The minimum atomic E-state index is -1.21. The van der Waals surface area contributed by atoms with Crippen molar-refractivity contribution < 1.29 is 34.4 Å². The standard InChI is InChI=1S/C20H28O7/c1-17-12(22)5-6-20(27-16(17)24)11-4-3-10-7-18(11,8-19(10,25)9-21)13(14(17)20)15(23)26-2/h10-14,21-22,25H,3-9H2,1-2H3/t10-,11-,12+,13-,14-,17-,18-,19-,20-/m1/s1. The highest BCUT2D eigenvalue weighted by atomic mass is 16.6. The number of esters is 2. The summed E-state index contributed by atoms with van der Waals surface area (Å²) in [5.74, 6) is -2.03. The largest absolute Gasteiger partial charge is 0.469 e. The number of aliphatic hydroxyl groups excluding tert-OH is 2. The molecule has 150 valence electrons. The van der Waals surface area contributed by atoms with Gasteiger partial charge in [0.05, 0.1) is 36.8 Å². The molecule has 0 radical (unpaired) electrons. The van der Waals surface area contributed by atoms with Gasteiger partial charge in [-0.15, -0.1) is 0 Å². The van der Waals surface area contributed by atoms with Gasteiger partial charge in [0.25, 0.3) is 0 Å². The number of carbonyl (C=O) groups is 2. The van der Waals surface area contributed by atoms with Crippen LogP contribution in [0.1, 0.15) is 45.4 Å². The van der Waals surface area contributed by atoms with Crippen LogP contribution in [0.3, 0.4) is 0 Å². The maximum Gasteiger partial charge on any atom is 0.315 e. The molecule has 27 heavy (non-hydrogen) atoms. The first-order chi connectivity index (χ1) is 12.7. The van der Waals surface area contributed by atoms with Crippen molar-refractivity contribution in [2.75, 3.05) is 13.7 Å². The van der Waals surface area contributed by atoms with Crippen LogP contribution in [-0.4, -0.2) is 58.3 Å². The Bertz CT molecular complexity index is 723. The zero-order valence-corrected chi connectivity index (χ0v) is 15.8. The van der Waals surface area contributed by atoms with Crippen LogP contribution in [0, 0.1) is 34.5 Å². The van der Waals surface area contributed by atoms with Crippen molar-refractivity contribution in [2.24, 2.45) is 34.5 Å². The molecule has 7 heteroatoms. The van der Waals surface area contributed by atoms with Gasteiger partial charge >= 0.3 is 11.9 Å². The second kappa shape index (κ2) is 5.05. The van der Waals surface area contributed by atoms with E-state index in [2.05, 4.69) is 0 Å². The summed E-state index contributed by atoms with van der Waals surface area (Å²) in [6.45, 7) is 1.39. The van der Waals surface area contributed by atoms with Crippen molar-refractivity contribution in [3.63, 3.8) is 0 Å². The van der Waals surface area contributed by atoms with E-state index in [1.54, 1.807) is 6.92 Å². The molecule has 7 nitrogen and oxygen atoms in total. The summed E-state index contributed by atoms with van der Waals surface area (Å²) in [5, 5.41) is 31.7. The number of hydrogen-bond acceptors (Lipinski definition) is 7. The molecule has 3 N–H and O–H groups in total. The normalized spacial score (nSPS) is 57.8. The summed E-state index contributed by atoms with van der Waals surface area (Å²) in [7, 11) is 1.35. The van der Waals surface area contributed by atoms with Gasteiger partial charge in [0.15, 0.2) is 0 Å². The molecular formula is C20H28O7. The summed E-state index contributed by atoms with van der Waals surface area (Å²) < 4.78 is 11.2. The molecule has 5 fully saturated rings. The van der Waals surface area contributed by atoms with Gasteiger partial charge in [-0.3, -0.25) is 9.59 Å². The summed E-state index contributed by atoms with van der Waals surface area (Å²) in [5.41, 5.74) is -3.70. The first kappa shape index (κ1) is 17.9. The molecule has 0 aromatic heterocycles. The summed E-state index contributed by atoms with van der Waals surface area (Å²) in [6.07, 6.45) is 2.56. The van der Waals surface area contributed by atoms with Crippen molar-refractivity contribution in [1.29, 1.82) is 0 Å². The average Bonchev–Trinajstić information content (AvgIpc) is 3.10. The third-order valence-electron chi connectivity index (χ3n) is 9.19. The van der Waals surface area contributed by atoms with Crippen LogP contribution < -0.4 is 0 Å². The fraction of sp³-hybridized carbons (Fsp3) is 0.900. The minimum absolute atomic E-state index is 0.0609. The molecule has 0 amide bonds. The minimum Gasteiger partial charge on any atom is -0.469 e. The Balaban J connectivity index is 1.73. The molecule has 4 aliphatic carbocycles. The second-order valence-electron chi connectivity index (χ2n) is 9.86. The van der Waals surface area contributed by atoms with E-state index in [-0.39, 0.29) is 18.4 Å². The van der Waals surface area contributed by atoms with Crippen molar-refractivity contribution in [1.82, 2.24) is 0 Å². The predicted octanol–water partition coefficient (Wildman–Crippen LogP) is 0.392. The number of carbonyl (C=O) groups excluding carboxylic acids is 2. The molecule has 0 aromatic carbocycles. The van der Waals surface area contributed by atoms with Gasteiger partial charge in [-0.25, -0.2) is 0 Å². The first-order valence-corrected chi connectivity index (χ1v) is 10.0. The van der Waals surface area contributed by atoms with Crippen molar-refractivity contribution in [3.05, 3.63) is 0 Å². The quantitative estimate of drug-likeness (QED) is 0.594. The number of ether oxygens (including phenoxy) is 2. The van der Waals surface area contributed by atoms with E-state index >= 15 is 0 Å². The fourth-order valence-electron chi connectivity index (χ4n) is 8.21. The van der Waals surface area contributed by atoms with Gasteiger partial charge in [0, 0.05) is 11.8 Å². The Labute approximate surface area is 158 Å². The smallest absolute Gasteiger partial charge is 0.315 e. The lowest BCUT2D eigenvalue weighted by atomic mass is 9.59. The van der Waals surface area contributed by atoms with E-state index in [1.165, 1.54) is 7.11 Å². The van der Waals surface area contributed by atoms with E-state index < -0.39 is 51.9 Å². The van der Waals surface area contributed by atoms with Gasteiger partial charge in [0.2, 0.25) is 0 Å². The molecule has 1 aliphatic heterocycles. The van der Waals surface area contributed by atoms with Crippen LogP contribution in [-0.2, 0) is 19.1 Å². The molecule has 0 aromatic rings. The van der Waals surface area contributed by atoms with Crippen LogP contribution >= 0.6 is 0 Å². The zero-order chi connectivity index (χ0) is 19.4. The highest BCUT2D eigenvalue weighted by molar-refractivity contribution is 5.85. The molecule has 5 aliphatic rings. The predicted molar refractivity (Wildman–Crippen MR) is 91.1 cm³/mol. The Morgan fingerprint density at radius 2 is 2.07 bits per heavy atom. The second-order valence-corrected chi connectivity index (χ2v) is 9.86. The van der Waals surface area contributed by atoms with Crippen molar-refractivity contribution >= 4 is 11.9 Å². The van der Waals surface area contributed by atoms with E-state index in [9.17, 15) is 24.9 Å². The van der Waals surface area contributed by atoms with Crippen molar-refractivity contribution in [2.45, 2.75) is 62.8 Å². The molecule has 4 saturated carbocycles. The Morgan fingerprint density at radius 3 is 2.74 bits per heavy atom. The fourth-order valence-corrected chi connectivity index (χ4v) is 8.21. The molecule has 9 atom stereocenters. The van der Waals surface area contributed by atoms with Gasteiger partial charge in [0.1, 0.15) is 5.60 Å². The first-order valence-electron chi connectivity index (χ1n) is 10.0. The van der Waals surface area contributed by atoms with Gasteiger partial charge in [-0.2, -0.15) is 0 Å². The lowest BCUT2D eigenvalue weighted by molar-refractivity contribution is -0.163. The van der Waals surface area contributed by atoms with E-state index in [4.69, 9.17) is 9.47 Å². The van der Waals surface area contributed by atoms with Crippen LogP contribution in [0.25, 0.3) is 0 Å². The lowest BCUT2D eigenvalue weighted by Crippen LogP contribution is -2.53.